The Balaban J connectivity index is 1.53. The molecule has 0 spiro atoms. The zero-order chi connectivity index (χ0) is 27.2. The van der Waals surface area contributed by atoms with Crippen LogP contribution in [0.25, 0.3) is 0 Å². The number of hydrogen-bond donors (Lipinski definition) is 2. The van der Waals surface area contributed by atoms with E-state index in [2.05, 4.69) is 10.6 Å². The van der Waals surface area contributed by atoms with Gasteiger partial charge in [-0.1, -0.05) is 24.9 Å². The predicted octanol–water partition coefficient (Wildman–Crippen LogP) is 3.98. The van der Waals surface area contributed by atoms with Gasteiger partial charge in [-0.25, -0.2) is 0 Å². The largest absolute Gasteiger partial charge is 0.433 e. The van der Waals surface area contributed by atoms with E-state index in [0.29, 0.717) is 15.8 Å². The molecule has 1 aliphatic carbocycles. The Morgan fingerprint density at radius 2 is 2.08 bits per heavy atom. The van der Waals surface area contributed by atoms with Gasteiger partial charge in [0.15, 0.2) is 5.75 Å². The molecule has 2 fully saturated rings. The molecule has 13 heteroatoms. The summed E-state index contributed by atoms with van der Waals surface area (Å²) in [4.78, 5) is 42.2. The molecular weight excluding hydrogens is 542 g/mol. The van der Waals surface area contributed by atoms with E-state index in [1.165, 1.54) is 23.1 Å². The predicted molar refractivity (Wildman–Crippen MR) is 140 cm³/mol. The molecule has 2 heterocycles. The number of alkyl halides is 2. The van der Waals surface area contributed by atoms with Crippen LogP contribution in [-0.4, -0.2) is 74.2 Å². The molecule has 1 aliphatic heterocycles. The lowest BCUT2D eigenvalue weighted by Gasteiger charge is -2.41. The van der Waals surface area contributed by atoms with Crippen LogP contribution >= 0.6 is 22.9 Å². The Hall–Kier alpha value is -2.80. The number of ether oxygens (including phenoxy) is 2. The normalized spacial score (nSPS) is 16.9. The lowest BCUT2D eigenvalue weighted by Crippen LogP contribution is -2.56. The number of amides is 3. The van der Waals surface area contributed by atoms with E-state index in [9.17, 15) is 23.2 Å². The Morgan fingerprint density at radius 1 is 1.29 bits per heavy atom. The third-order valence-electron chi connectivity index (χ3n) is 6.58. The van der Waals surface area contributed by atoms with Crippen LogP contribution in [0.2, 0.25) is 4.34 Å². The summed E-state index contributed by atoms with van der Waals surface area (Å²) in [5.74, 6) is -1.36. The van der Waals surface area contributed by atoms with Crippen molar-refractivity contribution in [1.29, 1.82) is 0 Å². The summed E-state index contributed by atoms with van der Waals surface area (Å²) in [5, 5.41) is 5.60. The van der Waals surface area contributed by atoms with Gasteiger partial charge >= 0.3 is 6.61 Å². The summed E-state index contributed by atoms with van der Waals surface area (Å²) in [5.41, 5.74) is 0.390. The highest BCUT2D eigenvalue weighted by Crippen LogP contribution is 2.34. The highest BCUT2D eigenvalue weighted by molar-refractivity contribution is 7.18. The van der Waals surface area contributed by atoms with E-state index in [1.54, 1.807) is 12.1 Å². The van der Waals surface area contributed by atoms with Crippen LogP contribution in [0.3, 0.4) is 0 Å². The first-order valence-corrected chi connectivity index (χ1v) is 13.5. The minimum absolute atomic E-state index is 0.0469. The average Bonchev–Trinajstić information content (AvgIpc) is 3.29. The molecule has 1 atom stereocenters. The number of likely N-dealkylation sites (N-methyl/N-ethyl adjacent to an activating group) is 1. The van der Waals surface area contributed by atoms with Crippen LogP contribution in [0.1, 0.15) is 35.9 Å². The van der Waals surface area contributed by atoms with Crippen molar-refractivity contribution in [3.63, 3.8) is 0 Å². The number of carbonyl (C=O) groups is 3. The minimum atomic E-state index is -3.13. The summed E-state index contributed by atoms with van der Waals surface area (Å²) in [7, 11) is 0. The lowest BCUT2D eigenvalue weighted by atomic mass is 9.90. The third-order valence-corrected chi connectivity index (χ3v) is 7.81. The van der Waals surface area contributed by atoms with E-state index in [1.807, 2.05) is 11.8 Å². The molecule has 0 radical (unpaired) electrons. The molecule has 2 aromatic rings. The van der Waals surface area contributed by atoms with Gasteiger partial charge in [0.1, 0.15) is 12.6 Å². The highest BCUT2D eigenvalue weighted by atomic mass is 35.5. The third kappa shape index (κ3) is 6.79. The Bertz CT molecular complexity index is 1160. The lowest BCUT2D eigenvalue weighted by molar-refractivity contribution is -0.126. The Labute approximate surface area is 228 Å². The van der Waals surface area contributed by atoms with Gasteiger partial charge in [-0.3, -0.25) is 19.3 Å². The second-order valence-electron chi connectivity index (χ2n) is 8.89. The van der Waals surface area contributed by atoms with E-state index in [-0.39, 0.29) is 61.3 Å². The fraction of sp³-hybridized carbons (Fsp3) is 0.480. The minimum Gasteiger partial charge on any atom is -0.433 e. The van der Waals surface area contributed by atoms with Crippen molar-refractivity contribution in [2.45, 2.75) is 44.9 Å². The number of morpholine rings is 1. The highest BCUT2D eigenvalue weighted by Gasteiger charge is 2.34. The molecular formula is C25H29ClF2N4O5S. The van der Waals surface area contributed by atoms with Crippen molar-refractivity contribution in [3.8, 4) is 5.75 Å². The molecule has 3 amide bonds. The Kier molecular flexibility index (Phi) is 9.53. The molecule has 1 aromatic heterocycles. The molecule has 1 saturated heterocycles. The summed E-state index contributed by atoms with van der Waals surface area (Å²) in [6, 6.07) is 7.00. The SMILES string of the molecule is CCN(C1CCC1)[C@@H](CNC(=O)c1ccc(Cl)s1)C(=O)Nc1ccc(N2CCOCC2=O)c(OC(F)F)c1. The quantitative estimate of drug-likeness (QED) is 0.424. The number of thiophene rings is 1. The van der Waals surface area contributed by atoms with E-state index in [4.69, 9.17) is 21.1 Å². The van der Waals surface area contributed by atoms with Crippen molar-refractivity contribution >= 4 is 52.0 Å². The van der Waals surface area contributed by atoms with Crippen molar-refractivity contribution < 1.29 is 32.6 Å². The van der Waals surface area contributed by atoms with Gasteiger partial charge in [-0.05, 0) is 43.7 Å². The monoisotopic (exact) mass is 570 g/mol. The number of halogens is 3. The summed E-state index contributed by atoms with van der Waals surface area (Å²) < 4.78 is 36.7. The first kappa shape index (κ1) is 28.2. The number of nitrogens with one attached hydrogen (secondary N) is 2. The van der Waals surface area contributed by atoms with Crippen molar-refractivity contribution in [1.82, 2.24) is 10.2 Å². The smallest absolute Gasteiger partial charge is 0.387 e. The Morgan fingerprint density at radius 3 is 2.68 bits per heavy atom. The summed E-state index contributed by atoms with van der Waals surface area (Å²) >= 11 is 7.09. The first-order chi connectivity index (χ1) is 18.3. The van der Waals surface area contributed by atoms with Gasteiger partial charge in [0, 0.05) is 30.9 Å². The van der Waals surface area contributed by atoms with Crippen molar-refractivity contribution in [2.24, 2.45) is 0 Å². The fourth-order valence-corrected chi connectivity index (χ4v) is 5.49. The standard InChI is InChI=1S/C25H29ClF2N4O5S/c1-2-31(16-4-3-5-16)18(13-29-24(35)20-8-9-21(26)38-20)23(34)30-15-6-7-17(19(12-15)37-25(27)28)32-10-11-36-14-22(32)33/h6-9,12,16,18,25H,2-5,10-11,13-14H2,1H3,(H,29,35)(H,30,34)/t18-/m0/s1. The maximum absolute atomic E-state index is 13.5. The molecule has 1 saturated carbocycles. The van der Waals surface area contributed by atoms with Gasteiger partial charge in [0.25, 0.3) is 11.8 Å². The number of rotatable bonds is 11. The number of anilines is 2. The molecule has 1 aromatic carbocycles. The summed E-state index contributed by atoms with van der Waals surface area (Å²) in [6.07, 6.45) is 2.95. The summed E-state index contributed by atoms with van der Waals surface area (Å²) in [6.45, 7) is -0.259. The van der Waals surface area contributed by atoms with Gasteiger partial charge in [0.2, 0.25) is 5.91 Å². The van der Waals surface area contributed by atoms with E-state index in [0.717, 1.165) is 30.6 Å². The van der Waals surface area contributed by atoms with Crippen LogP contribution < -0.4 is 20.3 Å². The number of nitrogens with zero attached hydrogens (tertiary/aromatic N) is 2. The van der Waals surface area contributed by atoms with E-state index >= 15 is 0 Å². The van der Waals surface area contributed by atoms with Gasteiger partial charge < -0.3 is 25.0 Å². The molecule has 38 heavy (non-hydrogen) atoms. The average molecular weight is 571 g/mol. The molecule has 2 aliphatic rings. The second kappa shape index (κ2) is 12.8. The maximum atomic E-state index is 13.5. The fourth-order valence-electron chi connectivity index (χ4n) is 4.53. The van der Waals surface area contributed by atoms with Crippen molar-refractivity contribution in [3.05, 3.63) is 39.5 Å². The number of hydrogen-bond acceptors (Lipinski definition) is 7. The molecule has 206 valence electrons. The number of benzene rings is 1. The topological polar surface area (TPSA) is 100 Å². The molecule has 2 N–H and O–H groups in total. The zero-order valence-electron chi connectivity index (χ0n) is 20.8. The second-order valence-corrected chi connectivity index (χ2v) is 10.6. The van der Waals surface area contributed by atoms with Crippen LogP contribution in [0, 0.1) is 0 Å². The van der Waals surface area contributed by atoms with Crippen LogP contribution in [0.5, 0.6) is 5.75 Å². The molecule has 4 rings (SSSR count). The van der Waals surface area contributed by atoms with Crippen molar-refractivity contribution in [2.75, 3.05) is 43.1 Å². The van der Waals surface area contributed by atoms with Crippen LogP contribution in [0.15, 0.2) is 30.3 Å². The molecule has 0 unspecified atom stereocenters. The van der Waals surface area contributed by atoms with Crippen LogP contribution in [0.4, 0.5) is 20.2 Å². The molecule has 0 bridgehead atoms. The maximum Gasteiger partial charge on any atom is 0.387 e. The molecule has 9 nitrogen and oxygen atoms in total. The van der Waals surface area contributed by atoms with Gasteiger partial charge in [-0.15, -0.1) is 11.3 Å². The van der Waals surface area contributed by atoms with E-state index < -0.39 is 18.6 Å². The van der Waals surface area contributed by atoms with Gasteiger partial charge in [0.05, 0.1) is 21.5 Å². The number of carbonyl (C=O) groups excluding carboxylic acids is 3. The first-order valence-electron chi connectivity index (χ1n) is 12.3. The van der Waals surface area contributed by atoms with Crippen LogP contribution in [-0.2, 0) is 14.3 Å². The zero-order valence-corrected chi connectivity index (χ0v) is 22.3. The van der Waals surface area contributed by atoms with Gasteiger partial charge in [-0.2, -0.15) is 8.78 Å².